The van der Waals surface area contributed by atoms with E-state index in [1.54, 1.807) is 18.4 Å². The summed E-state index contributed by atoms with van der Waals surface area (Å²) in [5, 5.41) is 7.04. The first kappa shape index (κ1) is 11.1. The van der Waals surface area contributed by atoms with Gasteiger partial charge in [-0.25, -0.2) is 0 Å². The van der Waals surface area contributed by atoms with Crippen molar-refractivity contribution in [1.82, 2.24) is 5.43 Å². The van der Waals surface area contributed by atoms with Crippen molar-refractivity contribution in [2.24, 2.45) is 11.6 Å². The number of hydrogen-bond acceptors (Lipinski definition) is 4. The highest BCUT2D eigenvalue weighted by Gasteiger charge is 1.96. The number of hydrogen-bond donors (Lipinski definition) is 4. The molecule has 1 aromatic heterocycles. The molecule has 0 spiro atoms. The molecular formula is C7H14N4S. The zero-order chi connectivity index (χ0) is 9.56. The molecule has 0 bridgehead atoms. The van der Waals surface area contributed by atoms with Crippen LogP contribution >= 0.6 is 11.3 Å². The van der Waals surface area contributed by atoms with Crippen LogP contribution in [0.25, 0.3) is 0 Å². The van der Waals surface area contributed by atoms with Crippen LogP contribution in [0.1, 0.15) is 9.75 Å². The zero-order valence-electron chi connectivity index (χ0n) is 7.22. The number of nitrogens with one attached hydrogen (secondary N) is 2. The third-order valence-corrected chi connectivity index (χ3v) is 2.04. The van der Waals surface area contributed by atoms with E-state index in [1.165, 1.54) is 4.88 Å². The van der Waals surface area contributed by atoms with Crippen molar-refractivity contribution in [3.63, 3.8) is 0 Å². The van der Waals surface area contributed by atoms with Crippen molar-refractivity contribution in [3.05, 3.63) is 21.9 Å². The Morgan fingerprint density at radius 2 is 2.08 bits per heavy atom. The van der Waals surface area contributed by atoms with Gasteiger partial charge in [-0.15, -0.1) is 11.3 Å². The molecule has 0 radical (unpaired) electrons. The molecule has 0 saturated carbocycles. The fourth-order valence-corrected chi connectivity index (χ4v) is 1.31. The third-order valence-electron chi connectivity index (χ3n) is 1.01. The Kier molecular flexibility index (Phi) is 5.27. The number of hydrazine groups is 1. The minimum atomic E-state index is 0.160. The second-order valence-corrected chi connectivity index (χ2v) is 3.40. The summed E-state index contributed by atoms with van der Waals surface area (Å²) in [6.07, 6.45) is 0. The SMILES string of the molecule is CNN.Cc1ccc(C(=N)N)s1. The molecule has 5 heteroatoms. The molecule has 0 amide bonds. The predicted molar refractivity (Wildman–Crippen MR) is 53.3 cm³/mol. The van der Waals surface area contributed by atoms with Crippen molar-refractivity contribution in [2.45, 2.75) is 6.92 Å². The molecule has 0 aliphatic carbocycles. The molecule has 0 aliphatic heterocycles. The molecule has 68 valence electrons. The van der Waals surface area contributed by atoms with E-state index in [9.17, 15) is 0 Å². The van der Waals surface area contributed by atoms with Crippen molar-refractivity contribution >= 4 is 17.2 Å². The Bertz CT molecular complexity index is 243. The van der Waals surface area contributed by atoms with Crippen LogP contribution in [0.5, 0.6) is 0 Å². The summed E-state index contributed by atoms with van der Waals surface area (Å²) in [4.78, 5) is 2.05. The number of aryl methyl sites for hydroxylation is 1. The molecule has 0 fully saturated rings. The monoisotopic (exact) mass is 186 g/mol. The number of rotatable bonds is 1. The summed E-state index contributed by atoms with van der Waals surface area (Å²) in [6, 6.07) is 3.82. The molecule has 4 nitrogen and oxygen atoms in total. The first-order valence-electron chi connectivity index (χ1n) is 3.40. The van der Waals surface area contributed by atoms with Gasteiger partial charge in [0.25, 0.3) is 0 Å². The Balaban J connectivity index is 0.000000354. The van der Waals surface area contributed by atoms with Crippen LogP contribution in [0.2, 0.25) is 0 Å². The lowest BCUT2D eigenvalue weighted by Crippen LogP contribution is -2.13. The summed E-state index contributed by atoms with van der Waals surface area (Å²) in [6.45, 7) is 2.00. The number of amidine groups is 1. The smallest absolute Gasteiger partial charge is 0.133 e. The molecule has 1 aromatic rings. The van der Waals surface area contributed by atoms with Crippen LogP contribution in [-0.4, -0.2) is 12.9 Å². The molecule has 0 aromatic carbocycles. The van der Waals surface area contributed by atoms with Gasteiger partial charge in [0.2, 0.25) is 0 Å². The van der Waals surface area contributed by atoms with Crippen molar-refractivity contribution in [2.75, 3.05) is 7.05 Å². The number of nitrogens with two attached hydrogens (primary N) is 2. The van der Waals surface area contributed by atoms with E-state index < -0.39 is 0 Å². The van der Waals surface area contributed by atoms with E-state index in [4.69, 9.17) is 11.1 Å². The molecule has 6 N–H and O–H groups in total. The third kappa shape index (κ3) is 4.07. The van der Waals surface area contributed by atoms with Crippen LogP contribution in [0.15, 0.2) is 12.1 Å². The van der Waals surface area contributed by atoms with Crippen molar-refractivity contribution < 1.29 is 0 Å². The van der Waals surface area contributed by atoms with Gasteiger partial charge in [0.05, 0.1) is 4.88 Å². The van der Waals surface area contributed by atoms with Gasteiger partial charge in [0.15, 0.2) is 0 Å². The van der Waals surface area contributed by atoms with E-state index >= 15 is 0 Å². The summed E-state index contributed by atoms with van der Waals surface area (Å²) in [5.41, 5.74) is 7.47. The van der Waals surface area contributed by atoms with Gasteiger partial charge in [0, 0.05) is 4.88 Å². The van der Waals surface area contributed by atoms with E-state index in [0.717, 1.165) is 4.88 Å². The predicted octanol–water partition coefficient (Wildman–Crippen LogP) is 0.420. The Labute approximate surface area is 76.1 Å². The fraction of sp³-hybridized carbons (Fsp3) is 0.286. The van der Waals surface area contributed by atoms with Gasteiger partial charge in [-0.1, -0.05) is 0 Å². The van der Waals surface area contributed by atoms with Gasteiger partial charge in [-0.05, 0) is 26.1 Å². The topological polar surface area (TPSA) is 87.9 Å². The van der Waals surface area contributed by atoms with Crippen molar-refractivity contribution in [1.29, 1.82) is 5.41 Å². The van der Waals surface area contributed by atoms with Gasteiger partial charge in [-0.3, -0.25) is 16.7 Å². The van der Waals surface area contributed by atoms with Crippen LogP contribution in [0.3, 0.4) is 0 Å². The van der Waals surface area contributed by atoms with Gasteiger partial charge in [-0.2, -0.15) is 0 Å². The number of nitrogen functional groups attached to an aromatic ring is 1. The summed E-state index contributed by atoms with van der Waals surface area (Å²) >= 11 is 1.55. The average molecular weight is 186 g/mol. The molecule has 1 heterocycles. The first-order valence-corrected chi connectivity index (χ1v) is 4.21. The molecule has 1 rings (SSSR count). The zero-order valence-corrected chi connectivity index (χ0v) is 8.03. The van der Waals surface area contributed by atoms with E-state index in [1.807, 2.05) is 19.1 Å². The molecule has 0 saturated heterocycles. The van der Waals surface area contributed by atoms with Crippen LogP contribution in [0.4, 0.5) is 0 Å². The molecular weight excluding hydrogens is 172 g/mol. The Hall–Kier alpha value is -0.910. The quantitative estimate of drug-likeness (QED) is 0.222. The standard InChI is InChI=1S/C6H8N2S.CH6N2/c1-4-2-3-5(9-4)6(7)8;1-3-2/h2-3H,1H3,(H3,7,8);3H,2H2,1H3. The lowest BCUT2D eigenvalue weighted by molar-refractivity contribution is 0.900. The maximum Gasteiger partial charge on any atom is 0.133 e. The highest BCUT2D eigenvalue weighted by Crippen LogP contribution is 2.13. The highest BCUT2D eigenvalue weighted by molar-refractivity contribution is 7.13. The minimum absolute atomic E-state index is 0.160. The molecule has 0 unspecified atom stereocenters. The normalized spacial score (nSPS) is 8.58. The minimum Gasteiger partial charge on any atom is -0.383 e. The van der Waals surface area contributed by atoms with Gasteiger partial charge < -0.3 is 5.73 Å². The number of thiophene rings is 1. The Morgan fingerprint density at radius 3 is 2.25 bits per heavy atom. The van der Waals surface area contributed by atoms with Crippen LogP contribution < -0.4 is 17.0 Å². The van der Waals surface area contributed by atoms with E-state index in [0.29, 0.717) is 0 Å². The second-order valence-electron chi connectivity index (χ2n) is 2.11. The van der Waals surface area contributed by atoms with Crippen molar-refractivity contribution in [3.8, 4) is 0 Å². The summed E-state index contributed by atoms with van der Waals surface area (Å²) in [7, 11) is 1.65. The van der Waals surface area contributed by atoms with Gasteiger partial charge >= 0.3 is 0 Å². The second kappa shape index (κ2) is 5.70. The highest BCUT2D eigenvalue weighted by atomic mass is 32.1. The summed E-state index contributed by atoms with van der Waals surface area (Å²) in [5.74, 6) is 4.76. The van der Waals surface area contributed by atoms with Crippen LogP contribution in [-0.2, 0) is 0 Å². The lowest BCUT2D eigenvalue weighted by atomic mass is 10.4. The van der Waals surface area contributed by atoms with Crippen LogP contribution in [0, 0.1) is 12.3 Å². The largest absolute Gasteiger partial charge is 0.383 e. The van der Waals surface area contributed by atoms with E-state index in [-0.39, 0.29) is 5.84 Å². The first-order chi connectivity index (χ1) is 5.61. The van der Waals surface area contributed by atoms with E-state index in [2.05, 4.69) is 11.3 Å². The lowest BCUT2D eigenvalue weighted by Gasteiger charge is -1.86. The average Bonchev–Trinajstić information content (AvgIpc) is 2.37. The maximum absolute atomic E-state index is 7.04. The molecule has 12 heavy (non-hydrogen) atoms. The molecule has 0 atom stereocenters. The summed E-state index contributed by atoms with van der Waals surface area (Å²) < 4.78 is 0. The van der Waals surface area contributed by atoms with Gasteiger partial charge in [0.1, 0.15) is 5.84 Å². The maximum atomic E-state index is 7.04. The Morgan fingerprint density at radius 1 is 1.58 bits per heavy atom. The molecule has 0 aliphatic rings. The fourth-order valence-electron chi connectivity index (χ4n) is 0.579.